The van der Waals surface area contributed by atoms with Crippen molar-refractivity contribution < 1.29 is 0 Å². The summed E-state index contributed by atoms with van der Waals surface area (Å²) >= 11 is 0. The van der Waals surface area contributed by atoms with Gasteiger partial charge in [-0.15, -0.1) is 0 Å². The Kier molecular flexibility index (Phi) is 1.51. The first-order valence-electron chi connectivity index (χ1n) is 4.08. The molecule has 2 nitrogen and oxygen atoms in total. The van der Waals surface area contributed by atoms with Gasteiger partial charge in [0.25, 0.3) is 0 Å². The topological polar surface area (TPSA) is 38.9 Å². The molecule has 1 atom stereocenters. The van der Waals surface area contributed by atoms with Crippen molar-refractivity contribution in [3.05, 3.63) is 35.7 Å². The molecule has 0 saturated carbocycles. The molecule has 0 saturated heterocycles. The molecule has 1 aliphatic rings. The van der Waals surface area contributed by atoms with Crippen molar-refractivity contribution in [3.63, 3.8) is 0 Å². The lowest BCUT2D eigenvalue weighted by Crippen LogP contribution is -2.37. The maximum Gasteiger partial charge on any atom is 0.0355 e. The molecule has 2 rings (SSSR count). The summed E-state index contributed by atoms with van der Waals surface area (Å²) in [4.78, 5) is 4.07. The summed E-state index contributed by atoms with van der Waals surface area (Å²) in [6, 6.07) is 2.01. The number of hydrogen-bond acceptors (Lipinski definition) is 2. The van der Waals surface area contributed by atoms with Crippen LogP contribution in [0.2, 0.25) is 0 Å². The van der Waals surface area contributed by atoms with Crippen LogP contribution in [-0.4, -0.2) is 10.5 Å². The van der Waals surface area contributed by atoms with Crippen LogP contribution in [0.25, 0.3) is 6.08 Å². The molecule has 2 N–H and O–H groups in total. The predicted molar refractivity (Wildman–Crippen MR) is 49.6 cm³/mol. The lowest BCUT2D eigenvalue weighted by molar-refractivity contribution is 0.576. The van der Waals surface area contributed by atoms with Crippen molar-refractivity contribution in [1.82, 2.24) is 4.98 Å². The first kappa shape index (κ1) is 7.50. The zero-order valence-corrected chi connectivity index (χ0v) is 7.12. The van der Waals surface area contributed by atoms with E-state index in [2.05, 4.69) is 17.1 Å². The standard InChI is InChI=1S/C10H12N2/c1-10(11)4-2-8-3-5-12-7-9(8)6-10/h2-5,7H,6,11H2,1H3. The van der Waals surface area contributed by atoms with Crippen molar-refractivity contribution in [1.29, 1.82) is 0 Å². The molecule has 1 aromatic heterocycles. The molecule has 0 amide bonds. The van der Waals surface area contributed by atoms with E-state index < -0.39 is 0 Å². The van der Waals surface area contributed by atoms with Crippen LogP contribution >= 0.6 is 0 Å². The Bertz CT molecular complexity index is 326. The Morgan fingerprint density at radius 2 is 2.42 bits per heavy atom. The maximum atomic E-state index is 5.98. The Balaban J connectivity index is 2.46. The van der Waals surface area contributed by atoms with Crippen LogP contribution in [0, 0.1) is 0 Å². The molecule has 1 unspecified atom stereocenters. The van der Waals surface area contributed by atoms with Crippen LogP contribution in [0.5, 0.6) is 0 Å². The molecule has 12 heavy (non-hydrogen) atoms. The first-order chi connectivity index (χ1) is 5.67. The van der Waals surface area contributed by atoms with Crippen LogP contribution in [0.1, 0.15) is 18.1 Å². The predicted octanol–water partition coefficient (Wildman–Crippen LogP) is 1.37. The largest absolute Gasteiger partial charge is 0.322 e. The molecule has 0 aliphatic heterocycles. The van der Waals surface area contributed by atoms with Crippen LogP contribution in [0.15, 0.2) is 24.5 Å². The number of fused-ring (bicyclic) bond motifs is 1. The third kappa shape index (κ3) is 1.25. The molecule has 0 bridgehead atoms. The number of nitrogens with two attached hydrogens (primary N) is 1. The minimum atomic E-state index is -0.198. The second kappa shape index (κ2) is 2.42. The third-order valence-corrected chi connectivity index (χ3v) is 2.16. The van der Waals surface area contributed by atoms with Gasteiger partial charge in [0.05, 0.1) is 0 Å². The molecule has 0 radical (unpaired) electrons. The van der Waals surface area contributed by atoms with E-state index in [1.165, 1.54) is 11.1 Å². The van der Waals surface area contributed by atoms with Crippen molar-refractivity contribution >= 4 is 6.08 Å². The van der Waals surface area contributed by atoms with E-state index in [0.29, 0.717) is 0 Å². The fourth-order valence-electron chi connectivity index (χ4n) is 1.50. The highest BCUT2D eigenvalue weighted by Crippen LogP contribution is 2.22. The van der Waals surface area contributed by atoms with Gasteiger partial charge in [-0.1, -0.05) is 12.2 Å². The number of nitrogens with zero attached hydrogens (tertiary/aromatic N) is 1. The summed E-state index contributed by atoms with van der Waals surface area (Å²) in [5.74, 6) is 0. The van der Waals surface area contributed by atoms with Gasteiger partial charge in [0.15, 0.2) is 0 Å². The highest BCUT2D eigenvalue weighted by molar-refractivity contribution is 5.57. The van der Waals surface area contributed by atoms with Crippen LogP contribution in [-0.2, 0) is 6.42 Å². The molecule has 1 aliphatic carbocycles. The number of hydrogen-bond donors (Lipinski definition) is 1. The fraction of sp³-hybridized carbons (Fsp3) is 0.300. The normalized spacial score (nSPS) is 26.8. The van der Waals surface area contributed by atoms with E-state index in [9.17, 15) is 0 Å². The Hall–Kier alpha value is -1.15. The molecule has 0 aromatic carbocycles. The number of rotatable bonds is 0. The number of aromatic nitrogens is 1. The van der Waals surface area contributed by atoms with E-state index in [4.69, 9.17) is 5.73 Å². The van der Waals surface area contributed by atoms with Crippen molar-refractivity contribution in [2.24, 2.45) is 5.73 Å². The molecule has 62 valence electrons. The molecule has 2 heteroatoms. The zero-order valence-electron chi connectivity index (χ0n) is 7.12. The highest BCUT2D eigenvalue weighted by Gasteiger charge is 2.20. The summed E-state index contributed by atoms with van der Waals surface area (Å²) in [7, 11) is 0. The highest BCUT2D eigenvalue weighted by atomic mass is 14.7. The monoisotopic (exact) mass is 160 g/mol. The average molecular weight is 160 g/mol. The average Bonchev–Trinajstić information content (AvgIpc) is 2.02. The van der Waals surface area contributed by atoms with E-state index in [1.54, 1.807) is 0 Å². The van der Waals surface area contributed by atoms with Gasteiger partial charge in [-0.3, -0.25) is 4.98 Å². The maximum absolute atomic E-state index is 5.98. The van der Waals surface area contributed by atoms with E-state index >= 15 is 0 Å². The first-order valence-corrected chi connectivity index (χ1v) is 4.08. The van der Waals surface area contributed by atoms with E-state index in [1.807, 2.05) is 25.4 Å². The minimum absolute atomic E-state index is 0.198. The lowest BCUT2D eigenvalue weighted by atomic mass is 9.87. The van der Waals surface area contributed by atoms with Gasteiger partial charge in [-0.25, -0.2) is 0 Å². The van der Waals surface area contributed by atoms with Crippen molar-refractivity contribution in [3.8, 4) is 0 Å². The third-order valence-electron chi connectivity index (χ3n) is 2.16. The van der Waals surface area contributed by atoms with Gasteiger partial charge < -0.3 is 5.73 Å². The molecule has 0 fully saturated rings. The van der Waals surface area contributed by atoms with Gasteiger partial charge >= 0.3 is 0 Å². The Morgan fingerprint density at radius 1 is 1.58 bits per heavy atom. The molecular formula is C10H12N2. The lowest BCUT2D eigenvalue weighted by Gasteiger charge is -2.25. The Morgan fingerprint density at radius 3 is 3.25 bits per heavy atom. The zero-order chi connectivity index (χ0) is 8.60. The Labute approximate surface area is 72.1 Å². The van der Waals surface area contributed by atoms with Crippen LogP contribution < -0.4 is 5.73 Å². The molecular weight excluding hydrogens is 148 g/mol. The summed E-state index contributed by atoms with van der Waals surface area (Å²) in [5.41, 5.74) is 8.26. The quantitative estimate of drug-likeness (QED) is 0.622. The summed E-state index contributed by atoms with van der Waals surface area (Å²) in [6.45, 7) is 2.03. The molecule has 0 spiro atoms. The van der Waals surface area contributed by atoms with Gasteiger partial charge in [0, 0.05) is 17.9 Å². The van der Waals surface area contributed by atoms with E-state index in [-0.39, 0.29) is 5.54 Å². The van der Waals surface area contributed by atoms with Crippen molar-refractivity contribution in [2.75, 3.05) is 0 Å². The van der Waals surface area contributed by atoms with Crippen LogP contribution in [0.3, 0.4) is 0 Å². The fourth-order valence-corrected chi connectivity index (χ4v) is 1.50. The summed E-state index contributed by atoms with van der Waals surface area (Å²) in [6.07, 6.45) is 8.70. The SMILES string of the molecule is CC1(N)C=Cc2ccncc2C1. The summed E-state index contributed by atoms with van der Waals surface area (Å²) in [5, 5.41) is 0. The molecule has 1 heterocycles. The smallest absolute Gasteiger partial charge is 0.0355 e. The van der Waals surface area contributed by atoms with Gasteiger partial charge in [0.2, 0.25) is 0 Å². The van der Waals surface area contributed by atoms with E-state index in [0.717, 1.165) is 6.42 Å². The minimum Gasteiger partial charge on any atom is -0.322 e. The number of pyridine rings is 1. The van der Waals surface area contributed by atoms with Gasteiger partial charge in [0.1, 0.15) is 0 Å². The summed E-state index contributed by atoms with van der Waals surface area (Å²) < 4.78 is 0. The van der Waals surface area contributed by atoms with Gasteiger partial charge in [-0.2, -0.15) is 0 Å². The molecule has 1 aromatic rings. The van der Waals surface area contributed by atoms with Crippen molar-refractivity contribution in [2.45, 2.75) is 18.9 Å². The van der Waals surface area contributed by atoms with Crippen LogP contribution in [0.4, 0.5) is 0 Å². The van der Waals surface area contributed by atoms with Gasteiger partial charge in [-0.05, 0) is 30.5 Å². The second-order valence-corrected chi connectivity index (χ2v) is 3.59. The second-order valence-electron chi connectivity index (χ2n) is 3.59.